The molecule has 0 amide bonds. The maximum atomic E-state index is 6.16. The Hall–Kier alpha value is -2.80. The summed E-state index contributed by atoms with van der Waals surface area (Å²) in [6.45, 7) is 7.96. The van der Waals surface area contributed by atoms with Crippen molar-refractivity contribution < 1.29 is 9.47 Å². The molecule has 0 spiro atoms. The molecule has 7 nitrogen and oxygen atoms in total. The quantitative estimate of drug-likeness (QED) is 0.488. The molecule has 3 heterocycles. The minimum absolute atomic E-state index is 0.483. The molecule has 2 aromatic rings. The van der Waals surface area contributed by atoms with Crippen molar-refractivity contribution in [2.45, 2.75) is 39.3 Å². The molecule has 2 aliphatic heterocycles. The standard InChI is InChI=1S/C25H35N5O2/c1-19-5-7-22(23(13-19)32-18-21-9-12-31-17-21)16-29-25(26-2)28-15-20-6-8-24(27-14-20)30-10-3-4-11-30/h5-8,13-14,21H,3-4,9-12,15-18H2,1-2H3,(H2,26,28,29). The summed E-state index contributed by atoms with van der Waals surface area (Å²) in [5.41, 5.74) is 3.45. The number of guanidine groups is 1. The molecule has 2 aliphatic rings. The lowest BCUT2D eigenvalue weighted by Gasteiger charge is -2.17. The number of hydrogen-bond acceptors (Lipinski definition) is 5. The van der Waals surface area contributed by atoms with Gasteiger partial charge in [0.25, 0.3) is 0 Å². The van der Waals surface area contributed by atoms with E-state index in [9.17, 15) is 0 Å². The van der Waals surface area contributed by atoms with E-state index < -0.39 is 0 Å². The Morgan fingerprint density at radius 1 is 1.19 bits per heavy atom. The molecule has 1 aromatic heterocycles. The van der Waals surface area contributed by atoms with Crippen molar-refractivity contribution in [1.82, 2.24) is 15.6 Å². The van der Waals surface area contributed by atoms with Gasteiger partial charge >= 0.3 is 0 Å². The van der Waals surface area contributed by atoms with E-state index in [1.54, 1.807) is 7.05 Å². The Kier molecular flexibility index (Phi) is 7.82. The predicted octanol–water partition coefficient (Wildman–Crippen LogP) is 3.27. The van der Waals surface area contributed by atoms with Gasteiger partial charge in [-0.2, -0.15) is 0 Å². The third-order valence-electron chi connectivity index (χ3n) is 6.09. The number of anilines is 1. The molecule has 2 N–H and O–H groups in total. The van der Waals surface area contributed by atoms with Crippen LogP contribution in [0.5, 0.6) is 5.75 Å². The Morgan fingerprint density at radius 3 is 2.75 bits per heavy atom. The van der Waals surface area contributed by atoms with Crippen molar-refractivity contribution >= 4 is 11.8 Å². The highest BCUT2D eigenvalue weighted by molar-refractivity contribution is 5.79. The van der Waals surface area contributed by atoms with Gasteiger partial charge in [0.15, 0.2) is 5.96 Å². The fraction of sp³-hybridized carbons (Fsp3) is 0.520. The zero-order chi connectivity index (χ0) is 22.2. The van der Waals surface area contributed by atoms with Gasteiger partial charge in [-0.1, -0.05) is 18.2 Å². The monoisotopic (exact) mass is 437 g/mol. The van der Waals surface area contributed by atoms with Crippen molar-refractivity contribution in [2.24, 2.45) is 10.9 Å². The molecule has 0 saturated carbocycles. The fourth-order valence-corrected chi connectivity index (χ4v) is 4.10. The maximum Gasteiger partial charge on any atom is 0.191 e. The van der Waals surface area contributed by atoms with Crippen LogP contribution in [0.3, 0.4) is 0 Å². The normalized spacial score (nSPS) is 18.8. The molecule has 1 unspecified atom stereocenters. The second-order valence-electron chi connectivity index (χ2n) is 8.65. The van der Waals surface area contributed by atoms with E-state index in [4.69, 9.17) is 9.47 Å². The highest BCUT2D eigenvalue weighted by atomic mass is 16.5. The number of aliphatic imine (C=N–C) groups is 1. The lowest BCUT2D eigenvalue weighted by Crippen LogP contribution is -2.36. The Morgan fingerprint density at radius 2 is 2.03 bits per heavy atom. The van der Waals surface area contributed by atoms with E-state index in [1.807, 2.05) is 6.20 Å². The molecule has 0 aliphatic carbocycles. The van der Waals surface area contributed by atoms with Gasteiger partial charge in [-0.25, -0.2) is 4.98 Å². The first-order chi connectivity index (χ1) is 15.7. The summed E-state index contributed by atoms with van der Waals surface area (Å²) in [7, 11) is 1.79. The highest BCUT2D eigenvalue weighted by Gasteiger charge is 2.17. The van der Waals surface area contributed by atoms with E-state index >= 15 is 0 Å². The van der Waals surface area contributed by atoms with Crippen LogP contribution in [0.4, 0.5) is 5.82 Å². The second-order valence-corrected chi connectivity index (χ2v) is 8.65. The van der Waals surface area contributed by atoms with Gasteiger partial charge in [0, 0.05) is 57.5 Å². The van der Waals surface area contributed by atoms with Gasteiger partial charge in [-0.15, -0.1) is 0 Å². The number of nitrogens with one attached hydrogen (secondary N) is 2. The average molecular weight is 438 g/mol. The smallest absolute Gasteiger partial charge is 0.191 e. The molecule has 2 fully saturated rings. The first-order valence-electron chi connectivity index (χ1n) is 11.7. The van der Waals surface area contributed by atoms with Gasteiger partial charge in [-0.05, 0) is 49.4 Å². The number of aryl methyl sites for hydroxylation is 1. The first kappa shape index (κ1) is 22.4. The van der Waals surface area contributed by atoms with Crippen LogP contribution < -0.4 is 20.3 Å². The summed E-state index contributed by atoms with van der Waals surface area (Å²) >= 11 is 0. The summed E-state index contributed by atoms with van der Waals surface area (Å²) in [4.78, 5) is 11.3. The number of rotatable bonds is 8. The molecular formula is C25H35N5O2. The van der Waals surface area contributed by atoms with Crippen LogP contribution in [0.15, 0.2) is 41.5 Å². The van der Waals surface area contributed by atoms with Crippen LogP contribution in [0, 0.1) is 12.8 Å². The van der Waals surface area contributed by atoms with Crippen molar-refractivity contribution in [3.8, 4) is 5.75 Å². The van der Waals surface area contributed by atoms with E-state index in [0.717, 1.165) is 61.4 Å². The molecule has 0 bridgehead atoms. The van der Waals surface area contributed by atoms with Crippen LogP contribution in [0.1, 0.15) is 36.0 Å². The third kappa shape index (κ3) is 6.13. The molecule has 2 saturated heterocycles. The molecule has 1 aromatic carbocycles. The van der Waals surface area contributed by atoms with Crippen molar-refractivity contribution in [2.75, 3.05) is 44.9 Å². The number of aromatic nitrogens is 1. The number of pyridine rings is 1. The zero-order valence-corrected chi connectivity index (χ0v) is 19.3. The van der Waals surface area contributed by atoms with E-state index in [-0.39, 0.29) is 0 Å². The maximum absolute atomic E-state index is 6.16. The topological polar surface area (TPSA) is 71.0 Å². The van der Waals surface area contributed by atoms with E-state index in [0.29, 0.717) is 25.6 Å². The summed E-state index contributed by atoms with van der Waals surface area (Å²) in [6.07, 6.45) is 5.54. The first-order valence-corrected chi connectivity index (χ1v) is 11.7. The predicted molar refractivity (Wildman–Crippen MR) is 128 cm³/mol. The summed E-state index contributed by atoms with van der Waals surface area (Å²) in [6, 6.07) is 10.6. The van der Waals surface area contributed by atoms with Crippen molar-refractivity contribution in [3.05, 3.63) is 53.2 Å². The average Bonchev–Trinajstić information content (AvgIpc) is 3.54. The number of hydrogen-bond donors (Lipinski definition) is 2. The minimum atomic E-state index is 0.483. The highest BCUT2D eigenvalue weighted by Crippen LogP contribution is 2.23. The molecule has 1 atom stereocenters. The number of benzene rings is 1. The van der Waals surface area contributed by atoms with Gasteiger partial charge in [0.2, 0.25) is 0 Å². The largest absolute Gasteiger partial charge is 0.493 e. The second kappa shape index (κ2) is 11.2. The Balaban J connectivity index is 1.28. The molecule has 32 heavy (non-hydrogen) atoms. The van der Waals surface area contributed by atoms with Crippen LogP contribution in [-0.4, -0.2) is 50.9 Å². The molecule has 4 rings (SSSR count). The lowest BCUT2D eigenvalue weighted by atomic mass is 10.1. The lowest BCUT2D eigenvalue weighted by molar-refractivity contribution is 0.166. The van der Waals surface area contributed by atoms with Gasteiger partial charge < -0.3 is 25.0 Å². The summed E-state index contributed by atoms with van der Waals surface area (Å²) in [5, 5.41) is 6.79. The summed E-state index contributed by atoms with van der Waals surface area (Å²) in [5.74, 6) is 3.24. The Bertz CT molecular complexity index is 888. The van der Waals surface area contributed by atoms with Gasteiger partial charge in [0.05, 0.1) is 13.2 Å². The number of ether oxygens (including phenoxy) is 2. The van der Waals surface area contributed by atoms with Gasteiger partial charge in [0.1, 0.15) is 11.6 Å². The van der Waals surface area contributed by atoms with Crippen LogP contribution in [0.2, 0.25) is 0 Å². The summed E-state index contributed by atoms with van der Waals surface area (Å²) < 4.78 is 11.6. The van der Waals surface area contributed by atoms with Crippen LogP contribution in [0.25, 0.3) is 0 Å². The molecule has 172 valence electrons. The van der Waals surface area contributed by atoms with Crippen LogP contribution >= 0.6 is 0 Å². The third-order valence-corrected chi connectivity index (χ3v) is 6.09. The molecule has 7 heteroatoms. The Labute approximate surface area is 191 Å². The molecule has 0 radical (unpaired) electrons. The van der Waals surface area contributed by atoms with Gasteiger partial charge in [-0.3, -0.25) is 4.99 Å². The van der Waals surface area contributed by atoms with Crippen LogP contribution in [-0.2, 0) is 17.8 Å². The molecular weight excluding hydrogens is 402 g/mol. The number of nitrogens with zero attached hydrogens (tertiary/aromatic N) is 3. The zero-order valence-electron chi connectivity index (χ0n) is 19.3. The van der Waals surface area contributed by atoms with E-state index in [1.165, 1.54) is 18.4 Å². The van der Waals surface area contributed by atoms with Crippen molar-refractivity contribution in [1.29, 1.82) is 0 Å². The van der Waals surface area contributed by atoms with E-state index in [2.05, 4.69) is 62.8 Å². The SMILES string of the molecule is CN=C(NCc1ccc(N2CCCC2)nc1)NCc1ccc(C)cc1OCC1CCOC1. The van der Waals surface area contributed by atoms with Crippen molar-refractivity contribution in [3.63, 3.8) is 0 Å². The fourth-order valence-electron chi connectivity index (χ4n) is 4.10. The minimum Gasteiger partial charge on any atom is -0.493 e.